The number of ether oxygens (including phenoxy) is 3. The number of hydrogen-bond donors (Lipinski definition) is 1. The Morgan fingerprint density at radius 1 is 1.13 bits per heavy atom. The number of thiazole rings is 1. The molecule has 8 nitrogen and oxygen atoms in total. The van der Waals surface area contributed by atoms with E-state index in [2.05, 4.69) is 29.0 Å². The van der Waals surface area contributed by atoms with E-state index in [1.165, 1.54) is 11.3 Å². The number of anilines is 1. The van der Waals surface area contributed by atoms with Crippen LogP contribution in [0.15, 0.2) is 23.6 Å². The molecule has 0 spiro atoms. The van der Waals surface area contributed by atoms with Crippen LogP contribution >= 0.6 is 11.3 Å². The van der Waals surface area contributed by atoms with Crippen LogP contribution in [0.2, 0.25) is 0 Å². The Morgan fingerprint density at radius 2 is 1.87 bits per heavy atom. The lowest BCUT2D eigenvalue weighted by molar-refractivity contribution is -0.116. The molecule has 2 aliphatic rings. The highest BCUT2D eigenvalue weighted by Crippen LogP contribution is 2.31. The largest absolute Gasteiger partial charge is 0.486 e. The van der Waals surface area contributed by atoms with Crippen LogP contribution < -0.4 is 14.8 Å². The molecule has 0 saturated carbocycles. The number of aromatic nitrogens is 1. The number of carbonyl (C=O) groups excluding carboxylic acids is 2. The molecule has 0 bridgehead atoms. The first-order chi connectivity index (χ1) is 15.0. The van der Waals surface area contributed by atoms with Crippen LogP contribution in [0.4, 0.5) is 5.13 Å². The van der Waals surface area contributed by atoms with Gasteiger partial charge >= 0.3 is 0 Å². The van der Waals surface area contributed by atoms with E-state index in [9.17, 15) is 9.59 Å². The van der Waals surface area contributed by atoms with E-state index in [0.29, 0.717) is 35.4 Å². The Labute approximate surface area is 185 Å². The second-order valence-corrected chi connectivity index (χ2v) is 8.78. The minimum atomic E-state index is -0.222. The number of fused-ring (bicyclic) bond motifs is 1. The van der Waals surface area contributed by atoms with E-state index < -0.39 is 0 Å². The number of nitrogens with one attached hydrogen (secondary N) is 1. The number of morpholine rings is 1. The molecule has 4 rings (SSSR count). The average Bonchev–Trinajstić information content (AvgIpc) is 3.17. The fourth-order valence-corrected chi connectivity index (χ4v) is 4.57. The molecule has 0 radical (unpaired) electrons. The monoisotopic (exact) mass is 445 g/mol. The summed E-state index contributed by atoms with van der Waals surface area (Å²) < 4.78 is 16.7. The normalized spacial score (nSPS) is 21.0. The lowest BCUT2D eigenvalue weighted by Crippen LogP contribution is -2.44. The van der Waals surface area contributed by atoms with Gasteiger partial charge in [-0.3, -0.25) is 14.5 Å². The van der Waals surface area contributed by atoms with E-state index in [4.69, 9.17) is 14.2 Å². The maximum Gasteiger partial charge on any atom is 0.226 e. The molecule has 1 saturated heterocycles. The van der Waals surface area contributed by atoms with Gasteiger partial charge in [-0.1, -0.05) is 0 Å². The van der Waals surface area contributed by atoms with Crippen molar-refractivity contribution in [2.45, 2.75) is 45.4 Å². The van der Waals surface area contributed by atoms with Gasteiger partial charge < -0.3 is 19.5 Å². The molecule has 1 N–H and O–H groups in total. The van der Waals surface area contributed by atoms with Crippen LogP contribution in [0, 0.1) is 0 Å². The third-order valence-electron chi connectivity index (χ3n) is 5.12. The molecule has 0 aliphatic carbocycles. The van der Waals surface area contributed by atoms with Crippen molar-refractivity contribution >= 4 is 28.2 Å². The Kier molecular flexibility index (Phi) is 6.84. The highest BCUT2D eigenvalue weighted by Gasteiger charge is 2.23. The molecular formula is C22H27N3O5S. The number of hydrogen-bond acceptors (Lipinski definition) is 8. The maximum absolute atomic E-state index is 12.5. The number of ketones is 1. The molecule has 166 valence electrons. The van der Waals surface area contributed by atoms with Crippen molar-refractivity contribution in [2.75, 3.05) is 31.6 Å². The summed E-state index contributed by atoms with van der Waals surface area (Å²) in [5, 5.41) is 5.32. The zero-order valence-electron chi connectivity index (χ0n) is 17.8. The summed E-state index contributed by atoms with van der Waals surface area (Å²) in [6.07, 6.45) is 0.620. The van der Waals surface area contributed by atoms with Crippen molar-refractivity contribution in [1.29, 1.82) is 0 Å². The van der Waals surface area contributed by atoms with E-state index in [0.717, 1.165) is 25.3 Å². The molecule has 1 aromatic carbocycles. The van der Waals surface area contributed by atoms with Gasteiger partial charge in [0.25, 0.3) is 0 Å². The van der Waals surface area contributed by atoms with Gasteiger partial charge in [-0.05, 0) is 32.0 Å². The topological polar surface area (TPSA) is 90.0 Å². The van der Waals surface area contributed by atoms with Gasteiger partial charge in [0.1, 0.15) is 13.2 Å². The van der Waals surface area contributed by atoms with Crippen molar-refractivity contribution < 1.29 is 23.8 Å². The Hall–Kier alpha value is -2.49. The SMILES string of the molecule is CC1CN(Cc2csc(NC(=O)CCC(=O)c3ccc4c(c3)OCCO4)n2)CC(C)O1. The van der Waals surface area contributed by atoms with Crippen molar-refractivity contribution in [3.63, 3.8) is 0 Å². The second-order valence-electron chi connectivity index (χ2n) is 7.93. The van der Waals surface area contributed by atoms with Crippen LogP contribution in [0.5, 0.6) is 11.5 Å². The molecule has 31 heavy (non-hydrogen) atoms. The molecular weight excluding hydrogens is 418 g/mol. The number of rotatable bonds is 7. The van der Waals surface area contributed by atoms with Gasteiger partial charge in [0.15, 0.2) is 22.4 Å². The summed E-state index contributed by atoms with van der Waals surface area (Å²) in [5.41, 5.74) is 1.44. The summed E-state index contributed by atoms with van der Waals surface area (Å²) in [6, 6.07) is 5.11. The third-order valence-corrected chi connectivity index (χ3v) is 5.93. The van der Waals surface area contributed by atoms with Crippen molar-refractivity contribution in [3.8, 4) is 11.5 Å². The smallest absolute Gasteiger partial charge is 0.226 e. The number of amides is 1. The van der Waals surface area contributed by atoms with Crippen molar-refractivity contribution in [3.05, 3.63) is 34.8 Å². The van der Waals surface area contributed by atoms with Crippen LogP contribution in [-0.2, 0) is 16.1 Å². The molecule has 2 unspecified atom stereocenters. The van der Waals surface area contributed by atoms with Gasteiger partial charge in [-0.2, -0.15) is 0 Å². The molecule has 2 atom stereocenters. The van der Waals surface area contributed by atoms with E-state index in [-0.39, 0.29) is 36.7 Å². The van der Waals surface area contributed by atoms with Gasteiger partial charge in [-0.15, -0.1) is 11.3 Å². The number of nitrogens with zero attached hydrogens (tertiary/aromatic N) is 2. The zero-order chi connectivity index (χ0) is 21.8. The number of carbonyl (C=O) groups is 2. The fourth-order valence-electron chi connectivity index (χ4n) is 3.85. The number of benzene rings is 1. The summed E-state index contributed by atoms with van der Waals surface area (Å²) in [4.78, 5) is 31.6. The Bertz CT molecular complexity index is 937. The number of Topliss-reactive ketones (excluding diaryl/α,β-unsaturated/α-hetero) is 1. The average molecular weight is 446 g/mol. The molecule has 2 aliphatic heterocycles. The molecule has 1 amide bonds. The summed E-state index contributed by atoms with van der Waals surface area (Å²) in [5.74, 6) is 0.880. The van der Waals surface area contributed by atoms with E-state index in [1.54, 1.807) is 18.2 Å². The third kappa shape index (κ3) is 5.81. The summed E-state index contributed by atoms with van der Waals surface area (Å²) >= 11 is 1.40. The standard InChI is InChI=1S/C22H27N3O5S/c1-14-10-25(11-15(2)30-14)12-17-13-31-22(23-17)24-21(27)6-4-18(26)16-3-5-19-20(9-16)29-8-7-28-19/h3,5,9,13-15H,4,6-8,10-12H2,1-2H3,(H,23,24,27). The Morgan fingerprint density at radius 3 is 2.65 bits per heavy atom. The Balaban J connectivity index is 1.25. The van der Waals surface area contributed by atoms with Crippen molar-refractivity contribution in [1.82, 2.24) is 9.88 Å². The van der Waals surface area contributed by atoms with Crippen LogP contribution in [0.25, 0.3) is 0 Å². The summed E-state index contributed by atoms with van der Waals surface area (Å²) in [7, 11) is 0. The zero-order valence-corrected chi connectivity index (χ0v) is 18.6. The molecule has 1 fully saturated rings. The minimum absolute atomic E-state index is 0.0979. The van der Waals surface area contributed by atoms with Gasteiger partial charge in [0.05, 0.1) is 17.9 Å². The minimum Gasteiger partial charge on any atom is -0.486 e. The van der Waals surface area contributed by atoms with E-state index in [1.807, 2.05) is 5.38 Å². The molecule has 2 aromatic rings. The van der Waals surface area contributed by atoms with Crippen molar-refractivity contribution in [2.24, 2.45) is 0 Å². The maximum atomic E-state index is 12.5. The van der Waals surface area contributed by atoms with Gasteiger partial charge in [0, 0.05) is 43.4 Å². The summed E-state index contributed by atoms with van der Waals surface area (Å²) in [6.45, 7) is 7.57. The van der Waals surface area contributed by atoms with Gasteiger partial charge in [-0.25, -0.2) is 4.98 Å². The molecule has 3 heterocycles. The van der Waals surface area contributed by atoms with Gasteiger partial charge in [0.2, 0.25) is 5.91 Å². The predicted molar refractivity (Wildman–Crippen MR) is 117 cm³/mol. The fraction of sp³-hybridized carbons (Fsp3) is 0.500. The molecule has 9 heteroatoms. The highest BCUT2D eigenvalue weighted by atomic mass is 32.1. The van der Waals surface area contributed by atoms with Crippen LogP contribution in [0.3, 0.4) is 0 Å². The quantitative estimate of drug-likeness (QED) is 0.655. The predicted octanol–water partition coefficient (Wildman–Crippen LogP) is 3.13. The van der Waals surface area contributed by atoms with E-state index >= 15 is 0 Å². The first kappa shape index (κ1) is 21.7. The lowest BCUT2D eigenvalue weighted by atomic mass is 10.1. The van der Waals surface area contributed by atoms with Crippen LogP contribution in [0.1, 0.15) is 42.7 Å². The lowest BCUT2D eigenvalue weighted by Gasteiger charge is -2.34. The first-order valence-corrected chi connectivity index (χ1v) is 11.4. The van der Waals surface area contributed by atoms with Crippen LogP contribution in [-0.4, -0.2) is 60.1 Å². The molecule has 1 aromatic heterocycles. The highest BCUT2D eigenvalue weighted by molar-refractivity contribution is 7.13. The second kappa shape index (κ2) is 9.76. The first-order valence-electron chi connectivity index (χ1n) is 10.5.